The molecule has 1 atom stereocenters. The van der Waals surface area contributed by atoms with Crippen LogP contribution in [0.1, 0.15) is 55.5 Å². The van der Waals surface area contributed by atoms with E-state index in [1.54, 1.807) is 19.9 Å². The lowest BCUT2D eigenvalue weighted by Crippen LogP contribution is -2.01. The molecule has 0 spiro atoms. The van der Waals surface area contributed by atoms with Crippen molar-refractivity contribution >= 4 is 17.6 Å². The lowest BCUT2D eigenvalue weighted by atomic mass is 10.00. The van der Waals surface area contributed by atoms with E-state index >= 15 is 0 Å². The van der Waals surface area contributed by atoms with Crippen LogP contribution < -0.4 is 16.9 Å². The minimum absolute atomic E-state index is 0.214. The minimum Gasteiger partial charge on any atom is -0.417 e. The van der Waals surface area contributed by atoms with Crippen molar-refractivity contribution in [3.63, 3.8) is 0 Å². The van der Waals surface area contributed by atoms with Gasteiger partial charge in [-0.15, -0.1) is 0 Å². The number of nitrogen functional groups attached to an aromatic ring is 1. The summed E-state index contributed by atoms with van der Waals surface area (Å²) in [5, 5.41) is 10.3. The monoisotopic (exact) mass is 443 g/mol. The first-order chi connectivity index (χ1) is 15.2. The summed E-state index contributed by atoms with van der Waals surface area (Å²) in [5.41, 5.74) is 8.01. The van der Waals surface area contributed by atoms with Gasteiger partial charge in [-0.3, -0.25) is 5.10 Å². The van der Waals surface area contributed by atoms with Crippen molar-refractivity contribution in [2.24, 2.45) is 5.90 Å². The fourth-order valence-electron chi connectivity index (χ4n) is 3.14. The van der Waals surface area contributed by atoms with Crippen molar-refractivity contribution < 1.29 is 13.6 Å². The van der Waals surface area contributed by atoms with Gasteiger partial charge in [-0.2, -0.15) is 16.0 Å². The summed E-state index contributed by atoms with van der Waals surface area (Å²) in [6.07, 6.45) is 4.17. The molecule has 1 unspecified atom stereocenters. The Kier molecular flexibility index (Phi) is 7.37. The molecular weight excluding hydrogens is 416 g/mol. The Bertz CT molecular complexity index is 1080. The molecule has 3 aromatic rings. The number of benzene rings is 1. The van der Waals surface area contributed by atoms with E-state index in [0.29, 0.717) is 23.1 Å². The Hall–Kier alpha value is -3.53. The molecule has 1 aromatic carbocycles. The normalized spacial score (nSPS) is 14.4. The van der Waals surface area contributed by atoms with Crippen LogP contribution in [-0.4, -0.2) is 20.2 Å². The van der Waals surface area contributed by atoms with Gasteiger partial charge in [0.25, 0.3) is 0 Å². The molecule has 8 nitrogen and oxygen atoms in total. The molecule has 1 aliphatic carbocycles. The lowest BCUT2D eigenvalue weighted by Gasteiger charge is -2.09. The number of hydrogen-bond acceptors (Lipinski definition) is 7. The third-order valence-corrected chi connectivity index (χ3v) is 4.87. The number of nitrogens with two attached hydrogens (primary N) is 2. The highest BCUT2D eigenvalue weighted by Crippen LogP contribution is 2.39. The average molecular weight is 444 g/mol. The molecule has 6 N–H and O–H groups in total. The molecule has 0 amide bonds. The minimum atomic E-state index is -0.584. The summed E-state index contributed by atoms with van der Waals surface area (Å²) in [7, 11) is 0. The van der Waals surface area contributed by atoms with E-state index < -0.39 is 11.6 Å². The zero-order chi connectivity index (χ0) is 23.3. The van der Waals surface area contributed by atoms with Gasteiger partial charge in [0.15, 0.2) is 5.82 Å². The number of aromatic nitrogens is 4. The van der Waals surface area contributed by atoms with Crippen LogP contribution in [0.15, 0.2) is 42.2 Å². The molecule has 1 aliphatic rings. The molecule has 0 radical (unpaired) electrons. The predicted octanol–water partition coefficient (Wildman–Crippen LogP) is 4.57. The first-order valence-electron chi connectivity index (χ1n) is 10.2. The summed E-state index contributed by atoms with van der Waals surface area (Å²) in [4.78, 5) is 12.6. The second-order valence-corrected chi connectivity index (χ2v) is 7.71. The Labute approximate surface area is 185 Å². The summed E-state index contributed by atoms with van der Waals surface area (Å²) in [5.74, 6) is 6.44. The van der Waals surface area contributed by atoms with Gasteiger partial charge in [0.2, 0.25) is 5.95 Å². The third kappa shape index (κ3) is 6.48. The number of rotatable bonds is 6. The molecule has 0 aliphatic heterocycles. The maximum Gasteiger partial charge on any atom is 0.222 e. The lowest BCUT2D eigenvalue weighted by molar-refractivity contribution is 0.221. The van der Waals surface area contributed by atoms with Gasteiger partial charge in [0.05, 0.1) is 0 Å². The molecular formula is C22H27F2N7O. The maximum atomic E-state index is 13.3. The molecule has 32 heavy (non-hydrogen) atoms. The number of nitrogens with zero attached hydrogens (tertiary/aromatic N) is 3. The summed E-state index contributed by atoms with van der Waals surface area (Å²) >= 11 is 0. The fourth-order valence-corrected chi connectivity index (χ4v) is 3.14. The van der Waals surface area contributed by atoms with E-state index in [1.807, 2.05) is 19.1 Å². The first kappa shape index (κ1) is 23.1. The van der Waals surface area contributed by atoms with Crippen LogP contribution in [-0.2, 0) is 4.84 Å². The second-order valence-electron chi connectivity index (χ2n) is 7.71. The van der Waals surface area contributed by atoms with Gasteiger partial charge in [-0.05, 0) is 44.4 Å². The Morgan fingerprint density at radius 2 is 1.97 bits per heavy atom. The highest BCUT2D eigenvalue weighted by Gasteiger charge is 2.25. The first-order valence-corrected chi connectivity index (χ1v) is 10.2. The Morgan fingerprint density at radius 3 is 2.59 bits per heavy atom. The zero-order valence-electron chi connectivity index (χ0n) is 18.2. The molecule has 2 aromatic heterocycles. The fraction of sp³-hybridized carbons (Fsp3) is 0.318. The van der Waals surface area contributed by atoms with Gasteiger partial charge in [-0.1, -0.05) is 13.0 Å². The van der Waals surface area contributed by atoms with Crippen LogP contribution in [0.25, 0.3) is 0 Å². The number of nitrogens with one attached hydrogen (secondary N) is 2. The van der Waals surface area contributed by atoms with Crippen LogP contribution >= 0.6 is 0 Å². The van der Waals surface area contributed by atoms with E-state index in [9.17, 15) is 8.78 Å². The van der Waals surface area contributed by atoms with Crippen molar-refractivity contribution in [3.05, 3.63) is 70.8 Å². The number of aryl methyl sites for hydroxylation is 1. The largest absolute Gasteiger partial charge is 0.417 e. The standard InChI is InChI=1S/C11H13F2NO.C11H14N6/c1-7(5-8(2)15-14)10-4-3-9(12)6-11(10)13;1-6-4-9(15-11(12)13-6)14-10-5-8(16-17-10)7-2-3-7/h3-7H,14H2,1-2H3;4-5,7H,2-3H2,1H3,(H4,12,13,14,15,16,17)/b8-5-;. The molecule has 0 saturated heterocycles. The van der Waals surface area contributed by atoms with Crippen LogP contribution in [0.2, 0.25) is 0 Å². The highest BCUT2D eigenvalue weighted by molar-refractivity contribution is 5.53. The van der Waals surface area contributed by atoms with Crippen LogP contribution in [0.4, 0.5) is 26.4 Å². The topological polar surface area (TPSA) is 128 Å². The van der Waals surface area contributed by atoms with Crippen molar-refractivity contribution in [1.82, 2.24) is 20.2 Å². The van der Waals surface area contributed by atoms with Crippen LogP contribution in [0.5, 0.6) is 0 Å². The number of anilines is 3. The van der Waals surface area contributed by atoms with Crippen molar-refractivity contribution in [2.75, 3.05) is 11.1 Å². The van der Waals surface area contributed by atoms with Crippen molar-refractivity contribution in [1.29, 1.82) is 0 Å². The summed E-state index contributed by atoms with van der Waals surface area (Å²) in [6.45, 7) is 5.32. The van der Waals surface area contributed by atoms with Gasteiger partial charge in [0.1, 0.15) is 23.2 Å². The van der Waals surface area contributed by atoms with Crippen LogP contribution in [0.3, 0.4) is 0 Å². The van der Waals surface area contributed by atoms with E-state index in [0.717, 1.165) is 17.6 Å². The quantitative estimate of drug-likeness (QED) is 0.324. The maximum absolute atomic E-state index is 13.3. The van der Waals surface area contributed by atoms with E-state index in [-0.39, 0.29) is 11.9 Å². The van der Waals surface area contributed by atoms with E-state index in [2.05, 4.69) is 30.3 Å². The van der Waals surface area contributed by atoms with Crippen molar-refractivity contribution in [3.8, 4) is 0 Å². The van der Waals surface area contributed by atoms with Crippen molar-refractivity contribution in [2.45, 2.75) is 45.4 Å². The van der Waals surface area contributed by atoms with Gasteiger partial charge in [-0.25, -0.2) is 13.8 Å². The third-order valence-electron chi connectivity index (χ3n) is 4.87. The van der Waals surface area contributed by atoms with Gasteiger partial charge >= 0.3 is 0 Å². The average Bonchev–Trinajstić information content (AvgIpc) is 3.47. The van der Waals surface area contributed by atoms with Crippen LogP contribution in [0, 0.1) is 18.6 Å². The Balaban J connectivity index is 0.000000183. The molecule has 1 saturated carbocycles. The number of H-pyrrole nitrogens is 1. The second kappa shape index (κ2) is 10.2. The Morgan fingerprint density at radius 1 is 1.22 bits per heavy atom. The molecule has 170 valence electrons. The molecule has 0 bridgehead atoms. The molecule has 2 heterocycles. The summed E-state index contributed by atoms with van der Waals surface area (Å²) in [6, 6.07) is 7.35. The number of hydrogen-bond donors (Lipinski definition) is 4. The predicted molar refractivity (Wildman–Crippen MR) is 119 cm³/mol. The summed E-state index contributed by atoms with van der Waals surface area (Å²) < 4.78 is 26.0. The number of halogens is 2. The number of allylic oxidation sites excluding steroid dienone is 2. The van der Waals surface area contributed by atoms with Gasteiger partial charge < -0.3 is 15.9 Å². The molecule has 1 fully saturated rings. The smallest absolute Gasteiger partial charge is 0.222 e. The van der Waals surface area contributed by atoms with Gasteiger partial charge in [0, 0.05) is 41.4 Å². The molecule has 10 heteroatoms. The highest BCUT2D eigenvalue weighted by atomic mass is 19.1. The SMILES string of the molecule is C/C(=C/C(C)c1ccc(F)cc1F)ON.Cc1cc(Nc2cc(C3CC3)[nH]n2)nc(N)n1. The van der Waals surface area contributed by atoms with E-state index in [1.165, 1.54) is 30.7 Å². The molecule has 4 rings (SSSR count). The van der Waals surface area contributed by atoms with E-state index in [4.69, 9.17) is 11.6 Å². The number of aromatic amines is 1. The zero-order valence-corrected chi connectivity index (χ0v) is 18.2.